The Morgan fingerprint density at radius 2 is 1.95 bits per heavy atom. The molecule has 2 amide bonds. The molecule has 7 nitrogen and oxygen atoms in total. The minimum absolute atomic E-state index is 0.00434. The number of nitrogens with zero attached hydrogens (tertiary/aromatic N) is 1. The second kappa shape index (κ2) is 9.30. The first-order chi connectivity index (χ1) is 17.5. The Morgan fingerprint density at radius 1 is 1.19 bits per heavy atom. The summed E-state index contributed by atoms with van der Waals surface area (Å²) in [4.78, 5) is 31.1. The first kappa shape index (κ1) is 25.0. The highest BCUT2D eigenvalue weighted by atomic mass is 32.2. The summed E-state index contributed by atoms with van der Waals surface area (Å²) < 4.78 is 40.3. The number of amides is 2. The van der Waals surface area contributed by atoms with Crippen LogP contribution in [0.15, 0.2) is 47.4 Å². The van der Waals surface area contributed by atoms with Crippen LogP contribution in [0.2, 0.25) is 0 Å². The molecule has 2 aliphatic heterocycles. The second-order valence-corrected chi connectivity index (χ2v) is 11.9. The summed E-state index contributed by atoms with van der Waals surface area (Å²) in [6.45, 7) is 7.24. The van der Waals surface area contributed by atoms with Crippen LogP contribution in [0.1, 0.15) is 51.8 Å². The molecule has 9 heteroatoms. The van der Waals surface area contributed by atoms with Gasteiger partial charge >= 0.3 is 0 Å². The number of hydrogen-bond donors (Lipinski definition) is 2. The van der Waals surface area contributed by atoms with Crippen molar-refractivity contribution in [1.29, 1.82) is 0 Å². The van der Waals surface area contributed by atoms with Crippen LogP contribution < -0.4 is 5.32 Å². The average Bonchev–Trinajstić information content (AvgIpc) is 3.50. The quantitative estimate of drug-likeness (QED) is 0.475. The van der Waals surface area contributed by atoms with Crippen LogP contribution in [0.5, 0.6) is 0 Å². The third-order valence-electron chi connectivity index (χ3n) is 7.13. The number of aromatic nitrogens is 1. The lowest BCUT2D eigenvalue weighted by atomic mass is 10.0. The van der Waals surface area contributed by atoms with Crippen LogP contribution in [-0.4, -0.2) is 43.2 Å². The Balaban J connectivity index is 1.50. The Bertz CT molecular complexity index is 1570. The number of rotatable bonds is 5. The predicted octanol–water partition coefficient (Wildman–Crippen LogP) is 4.72. The first-order valence-corrected chi connectivity index (χ1v) is 13.8. The molecule has 3 aromatic rings. The molecule has 0 radical (unpaired) electrons. The minimum Gasteiger partial charge on any atom is -0.358 e. The number of anilines is 1. The van der Waals surface area contributed by atoms with E-state index < -0.39 is 21.4 Å². The Hall–Kier alpha value is -3.72. The van der Waals surface area contributed by atoms with Crippen LogP contribution in [0, 0.1) is 25.6 Å². The van der Waals surface area contributed by atoms with E-state index in [-0.39, 0.29) is 27.8 Å². The summed E-state index contributed by atoms with van der Waals surface area (Å²) in [6, 6.07) is 10.1. The fourth-order valence-electron chi connectivity index (χ4n) is 5.07. The molecule has 0 bridgehead atoms. The van der Waals surface area contributed by atoms with Crippen molar-refractivity contribution in [1.82, 2.24) is 9.88 Å². The fraction of sp³-hybridized carbons (Fsp3) is 0.286. The van der Waals surface area contributed by atoms with E-state index in [9.17, 15) is 22.4 Å². The lowest BCUT2D eigenvalue weighted by Gasteiger charge is -2.16. The summed E-state index contributed by atoms with van der Waals surface area (Å²) in [5.41, 5.74) is 3.96. The molecule has 0 saturated carbocycles. The van der Waals surface area contributed by atoms with E-state index in [0.29, 0.717) is 34.1 Å². The van der Waals surface area contributed by atoms with Crippen molar-refractivity contribution in [3.8, 4) is 0 Å². The van der Waals surface area contributed by atoms with Gasteiger partial charge in [0.1, 0.15) is 5.82 Å². The Morgan fingerprint density at radius 3 is 2.65 bits per heavy atom. The zero-order valence-electron chi connectivity index (χ0n) is 20.9. The van der Waals surface area contributed by atoms with Crippen LogP contribution in [0.25, 0.3) is 11.6 Å². The molecular weight excluding hydrogens is 493 g/mol. The van der Waals surface area contributed by atoms with Gasteiger partial charge in [0.2, 0.25) is 0 Å². The minimum atomic E-state index is -3.87. The normalized spacial score (nSPS) is 18.4. The van der Waals surface area contributed by atoms with Crippen molar-refractivity contribution >= 4 is 39.0 Å². The van der Waals surface area contributed by atoms with E-state index in [1.807, 2.05) is 18.7 Å². The standard InChI is InChI=1S/C28H28FN3O4S/c1-16-10-11-32(14-16)28(34)26-17(2)25(30-18(26)3)13-22-21-12-20(8-9-24(21)31-27(22)33)37(35,36)15-19-6-4-5-7-23(19)29/h4-9,12-13,16,30H,10-11,14-15H2,1-3H3,(H,31,33)/b22-13-/t16-/m1/s1. The van der Waals surface area contributed by atoms with Gasteiger partial charge in [-0.2, -0.15) is 0 Å². The maximum atomic E-state index is 14.1. The largest absolute Gasteiger partial charge is 0.358 e. The van der Waals surface area contributed by atoms with Gasteiger partial charge in [0.15, 0.2) is 9.84 Å². The summed E-state index contributed by atoms with van der Waals surface area (Å²) >= 11 is 0. The molecule has 2 aliphatic rings. The highest BCUT2D eigenvalue weighted by Crippen LogP contribution is 2.36. The van der Waals surface area contributed by atoms with Crippen molar-refractivity contribution in [2.45, 2.75) is 37.8 Å². The van der Waals surface area contributed by atoms with E-state index >= 15 is 0 Å². The molecule has 3 heterocycles. The molecule has 1 atom stereocenters. The lowest BCUT2D eigenvalue weighted by molar-refractivity contribution is -0.110. The number of carbonyl (C=O) groups is 2. The Labute approximate surface area is 215 Å². The first-order valence-electron chi connectivity index (χ1n) is 12.2. The molecule has 192 valence electrons. The number of benzene rings is 2. The molecule has 0 unspecified atom stereocenters. The monoisotopic (exact) mass is 521 g/mol. The van der Waals surface area contributed by atoms with Gasteiger partial charge in [-0.3, -0.25) is 9.59 Å². The van der Waals surface area contributed by atoms with Crippen LogP contribution in [0.4, 0.5) is 10.1 Å². The number of fused-ring (bicyclic) bond motifs is 1. The van der Waals surface area contributed by atoms with Crippen LogP contribution in [-0.2, 0) is 20.4 Å². The molecule has 0 aliphatic carbocycles. The number of carbonyl (C=O) groups excluding carboxylic acids is 2. The smallest absolute Gasteiger partial charge is 0.256 e. The van der Waals surface area contributed by atoms with Gasteiger partial charge in [-0.05, 0) is 62.1 Å². The van der Waals surface area contributed by atoms with Gasteiger partial charge in [-0.1, -0.05) is 25.1 Å². The third kappa shape index (κ3) is 4.59. The number of sulfone groups is 1. The van der Waals surface area contributed by atoms with Crippen molar-refractivity contribution in [2.24, 2.45) is 5.92 Å². The maximum Gasteiger partial charge on any atom is 0.256 e. The number of hydrogen-bond acceptors (Lipinski definition) is 4. The molecule has 1 aromatic heterocycles. The van der Waals surface area contributed by atoms with Gasteiger partial charge in [-0.15, -0.1) is 0 Å². The number of likely N-dealkylation sites (tertiary alicyclic amines) is 1. The zero-order valence-corrected chi connectivity index (χ0v) is 21.7. The molecule has 37 heavy (non-hydrogen) atoms. The van der Waals surface area contributed by atoms with Gasteiger partial charge in [0.25, 0.3) is 11.8 Å². The van der Waals surface area contributed by atoms with Crippen molar-refractivity contribution in [3.05, 3.63) is 81.9 Å². The number of aryl methyl sites for hydroxylation is 1. The van der Waals surface area contributed by atoms with E-state index in [0.717, 1.165) is 25.1 Å². The highest BCUT2D eigenvalue weighted by Gasteiger charge is 2.30. The number of H-pyrrole nitrogens is 1. The number of halogens is 1. The molecular formula is C28H28FN3O4S. The summed E-state index contributed by atoms with van der Waals surface area (Å²) in [5, 5.41) is 2.77. The highest BCUT2D eigenvalue weighted by molar-refractivity contribution is 7.90. The summed E-state index contributed by atoms with van der Waals surface area (Å²) in [7, 11) is -3.87. The SMILES string of the molecule is Cc1[nH]c(/C=C2\C(=O)Nc3ccc(S(=O)(=O)Cc4ccccc4F)cc32)c(C)c1C(=O)N1CC[C@@H](C)C1. The second-order valence-electron chi connectivity index (χ2n) is 9.88. The molecule has 0 spiro atoms. The van der Waals surface area contributed by atoms with Gasteiger partial charge < -0.3 is 15.2 Å². The Kier molecular flexibility index (Phi) is 6.27. The van der Waals surface area contributed by atoms with E-state index in [1.54, 1.807) is 18.2 Å². The van der Waals surface area contributed by atoms with Crippen molar-refractivity contribution in [2.75, 3.05) is 18.4 Å². The van der Waals surface area contributed by atoms with Crippen molar-refractivity contribution < 1.29 is 22.4 Å². The molecule has 1 fully saturated rings. The third-order valence-corrected chi connectivity index (χ3v) is 8.79. The number of aromatic amines is 1. The molecule has 1 saturated heterocycles. The van der Waals surface area contributed by atoms with Gasteiger partial charge in [0, 0.05) is 41.3 Å². The molecule has 2 aromatic carbocycles. The van der Waals surface area contributed by atoms with E-state index in [1.165, 1.54) is 30.3 Å². The zero-order chi connectivity index (χ0) is 26.5. The van der Waals surface area contributed by atoms with Crippen LogP contribution >= 0.6 is 0 Å². The summed E-state index contributed by atoms with van der Waals surface area (Å²) in [6.07, 6.45) is 2.63. The van der Waals surface area contributed by atoms with Crippen molar-refractivity contribution in [3.63, 3.8) is 0 Å². The van der Waals surface area contributed by atoms with E-state index in [4.69, 9.17) is 0 Å². The fourth-order valence-corrected chi connectivity index (χ4v) is 6.45. The van der Waals surface area contributed by atoms with E-state index in [2.05, 4.69) is 17.2 Å². The topological polar surface area (TPSA) is 99.3 Å². The lowest BCUT2D eigenvalue weighted by Crippen LogP contribution is -2.29. The van der Waals surface area contributed by atoms with Gasteiger partial charge in [0.05, 0.1) is 21.8 Å². The molecule has 2 N–H and O–H groups in total. The van der Waals surface area contributed by atoms with Crippen LogP contribution in [0.3, 0.4) is 0 Å². The number of nitrogens with one attached hydrogen (secondary N) is 2. The van der Waals surface area contributed by atoms with Gasteiger partial charge in [-0.25, -0.2) is 12.8 Å². The summed E-state index contributed by atoms with van der Waals surface area (Å²) in [5.74, 6) is -1.01. The molecule has 5 rings (SSSR count). The maximum absolute atomic E-state index is 14.1. The average molecular weight is 522 g/mol. The predicted molar refractivity (Wildman–Crippen MR) is 140 cm³/mol.